The molecule has 0 radical (unpaired) electrons. The van der Waals surface area contributed by atoms with E-state index in [2.05, 4.69) is 10.2 Å². The van der Waals surface area contributed by atoms with E-state index in [9.17, 15) is 14.5 Å². The van der Waals surface area contributed by atoms with Crippen LogP contribution in [0.4, 0.5) is 10.1 Å². The number of nitrogens with zero attached hydrogens (tertiary/aromatic N) is 5. The average Bonchev–Trinajstić information content (AvgIpc) is 3.21. The third-order valence-electron chi connectivity index (χ3n) is 3.89. The quantitative estimate of drug-likeness (QED) is 0.413. The summed E-state index contributed by atoms with van der Waals surface area (Å²) in [6.45, 7) is 0. The summed E-state index contributed by atoms with van der Waals surface area (Å²) >= 11 is 0. The molecule has 0 saturated heterocycles. The number of ether oxygens (including phenoxy) is 1. The maximum atomic E-state index is 14.0. The van der Waals surface area contributed by atoms with Gasteiger partial charge in [-0.1, -0.05) is 0 Å². The maximum Gasteiger partial charge on any atom is 0.272 e. The number of rotatable bonds is 4. The summed E-state index contributed by atoms with van der Waals surface area (Å²) in [7, 11) is 1.84. The summed E-state index contributed by atoms with van der Waals surface area (Å²) in [5.74, 6) is -0.780. The highest BCUT2D eigenvalue weighted by atomic mass is 19.1. The minimum absolute atomic E-state index is 0.133. The molecular formula is C17H12FN5O3. The lowest BCUT2D eigenvalue weighted by Crippen LogP contribution is -1.95. The molecule has 1 aromatic carbocycles. The molecule has 0 aliphatic rings. The lowest BCUT2D eigenvalue weighted by molar-refractivity contribution is -0.385. The van der Waals surface area contributed by atoms with E-state index in [1.54, 1.807) is 21.5 Å². The van der Waals surface area contributed by atoms with E-state index in [0.29, 0.717) is 0 Å². The summed E-state index contributed by atoms with van der Waals surface area (Å²) in [4.78, 5) is 10.0. The molecule has 4 aromatic rings. The van der Waals surface area contributed by atoms with Gasteiger partial charge in [0.2, 0.25) is 5.88 Å². The zero-order valence-electron chi connectivity index (χ0n) is 13.5. The van der Waals surface area contributed by atoms with Gasteiger partial charge in [-0.05, 0) is 24.3 Å². The van der Waals surface area contributed by atoms with Crippen molar-refractivity contribution in [3.05, 3.63) is 70.8 Å². The minimum Gasteiger partial charge on any atom is -0.434 e. The second-order valence-electron chi connectivity index (χ2n) is 5.58. The Morgan fingerprint density at radius 1 is 1.19 bits per heavy atom. The Bertz CT molecular complexity index is 1130. The highest BCUT2D eigenvalue weighted by Crippen LogP contribution is 2.28. The Balaban J connectivity index is 1.66. The number of nitro groups is 1. The number of fused-ring (bicyclic) bond motifs is 1. The maximum absolute atomic E-state index is 14.0. The van der Waals surface area contributed by atoms with Gasteiger partial charge in [0.05, 0.1) is 22.2 Å². The first kappa shape index (κ1) is 15.8. The minimum atomic E-state index is -0.827. The van der Waals surface area contributed by atoms with Crippen molar-refractivity contribution in [3.63, 3.8) is 0 Å². The second kappa shape index (κ2) is 5.96. The normalized spacial score (nSPS) is 11.0. The van der Waals surface area contributed by atoms with Crippen molar-refractivity contribution in [1.29, 1.82) is 0 Å². The van der Waals surface area contributed by atoms with Crippen LogP contribution in [0.25, 0.3) is 16.8 Å². The van der Waals surface area contributed by atoms with Crippen molar-refractivity contribution < 1.29 is 14.1 Å². The summed E-state index contributed by atoms with van der Waals surface area (Å²) in [6, 6.07) is 10.5. The van der Waals surface area contributed by atoms with Crippen LogP contribution in [-0.2, 0) is 7.05 Å². The van der Waals surface area contributed by atoms with E-state index in [1.165, 1.54) is 12.1 Å². The second-order valence-corrected chi connectivity index (χ2v) is 5.58. The van der Waals surface area contributed by atoms with Crippen molar-refractivity contribution in [1.82, 2.24) is 19.4 Å². The summed E-state index contributed by atoms with van der Waals surface area (Å²) < 4.78 is 22.8. The SMILES string of the molecule is Cn1nccc1-c1ccc2cc(Oc3ccc([N+](=O)[O-])cc3F)nn2c1. The van der Waals surface area contributed by atoms with Gasteiger partial charge in [-0.2, -0.15) is 5.10 Å². The Hall–Kier alpha value is -3.75. The molecule has 9 heteroatoms. The fraction of sp³-hybridized carbons (Fsp3) is 0.0588. The molecule has 0 fully saturated rings. The van der Waals surface area contributed by atoms with Gasteiger partial charge >= 0.3 is 0 Å². The van der Waals surface area contributed by atoms with E-state index < -0.39 is 10.7 Å². The van der Waals surface area contributed by atoms with E-state index in [-0.39, 0.29) is 17.3 Å². The number of non-ortho nitro benzene ring substituents is 1. The average molecular weight is 353 g/mol. The number of halogens is 1. The number of nitro benzene ring substituents is 1. The Labute approximate surface area is 146 Å². The number of benzene rings is 1. The number of aromatic nitrogens is 4. The lowest BCUT2D eigenvalue weighted by atomic mass is 10.2. The van der Waals surface area contributed by atoms with Crippen molar-refractivity contribution in [2.75, 3.05) is 0 Å². The highest BCUT2D eigenvalue weighted by molar-refractivity contribution is 5.63. The number of hydrogen-bond acceptors (Lipinski definition) is 5. The Kier molecular flexibility index (Phi) is 3.61. The Morgan fingerprint density at radius 3 is 2.73 bits per heavy atom. The number of aryl methyl sites for hydroxylation is 1. The first-order chi connectivity index (χ1) is 12.5. The summed E-state index contributed by atoms with van der Waals surface area (Å²) in [5, 5.41) is 19.1. The smallest absolute Gasteiger partial charge is 0.272 e. The number of pyridine rings is 1. The van der Waals surface area contributed by atoms with Gasteiger partial charge in [0.25, 0.3) is 5.69 Å². The summed E-state index contributed by atoms with van der Waals surface area (Å²) in [5.41, 5.74) is 2.25. The molecule has 0 amide bonds. The topological polar surface area (TPSA) is 87.5 Å². The number of hydrogen-bond donors (Lipinski definition) is 0. The highest BCUT2D eigenvalue weighted by Gasteiger charge is 2.14. The van der Waals surface area contributed by atoms with Gasteiger partial charge in [-0.25, -0.2) is 8.91 Å². The van der Waals surface area contributed by atoms with Gasteiger partial charge in [-0.15, -0.1) is 5.10 Å². The Morgan fingerprint density at radius 2 is 2.04 bits per heavy atom. The van der Waals surface area contributed by atoms with E-state index in [0.717, 1.165) is 22.8 Å². The lowest BCUT2D eigenvalue weighted by Gasteiger charge is -2.03. The van der Waals surface area contributed by atoms with Crippen LogP contribution in [0.15, 0.2) is 54.9 Å². The van der Waals surface area contributed by atoms with Gasteiger partial charge in [0.1, 0.15) is 0 Å². The van der Waals surface area contributed by atoms with Gasteiger partial charge in [0, 0.05) is 37.1 Å². The summed E-state index contributed by atoms with van der Waals surface area (Å²) in [6.07, 6.45) is 3.51. The molecule has 130 valence electrons. The zero-order chi connectivity index (χ0) is 18.3. The molecule has 26 heavy (non-hydrogen) atoms. The molecule has 0 aliphatic carbocycles. The molecule has 0 spiro atoms. The standard InChI is InChI=1S/C17H12FN5O3/c1-21-15(6-7-19-21)11-2-3-12-9-17(20-22(12)10-11)26-16-5-4-13(23(24)25)8-14(16)18/h2-10H,1H3. The third kappa shape index (κ3) is 2.75. The van der Waals surface area contributed by atoms with Crippen LogP contribution in [-0.4, -0.2) is 24.3 Å². The first-order valence-corrected chi connectivity index (χ1v) is 7.61. The molecule has 0 N–H and O–H groups in total. The van der Waals surface area contributed by atoms with Gasteiger partial charge in [0.15, 0.2) is 11.6 Å². The molecule has 0 bridgehead atoms. The van der Waals surface area contributed by atoms with Crippen LogP contribution in [0.3, 0.4) is 0 Å². The van der Waals surface area contributed by atoms with E-state index in [4.69, 9.17) is 4.74 Å². The molecule has 0 aliphatic heterocycles. The fourth-order valence-electron chi connectivity index (χ4n) is 2.62. The van der Waals surface area contributed by atoms with Crippen LogP contribution in [0, 0.1) is 15.9 Å². The first-order valence-electron chi connectivity index (χ1n) is 7.61. The van der Waals surface area contributed by atoms with Crippen molar-refractivity contribution in [2.24, 2.45) is 7.05 Å². The monoisotopic (exact) mass is 353 g/mol. The van der Waals surface area contributed by atoms with Crippen LogP contribution in [0.2, 0.25) is 0 Å². The molecule has 3 aromatic heterocycles. The van der Waals surface area contributed by atoms with Crippen molar-refractivity contribution in [2.45, 2.75) is 0 Å². The molecule has 4 rings (SSSR count). The molecule has 3 heterocycles. The van der Waals surface area contributed by atoms with Gasteiger partial charge < -0.3 is 4.74 Å². The van der Waals surface area contributed by atoms with E-state index in [1.807, 2.05) is 31.4 Å². The van der Waals surface area contributed by atoms with Crippen molar-refractivity contribution in [3.8, 4) is 22.9 Å². The molecule has 0 unspecified atom stereocenters. The van der Waals surface area contributed by atoms with Crippen LogP contribution in [0.1, 0.15) is 0 Å². The predicted molar refractivity (Wildman–Crippen MR) is 90.5 cm³/mol. The van der Waals surface area contributed by atoms with Crippen LogP contribution >= 0.6 is 0 Å². The predicted octanol–water partition coefficient (Wildman–Crippen LogP) is 3.57. The molecule has 8 nitrogen and oxygen atoms in total. The van der Waals surface area contributed by atoms with E-state index >= 15 is 0 Å². The van der Waals surface area contributed by atoms with Crippen molar-refractivity contribution >= 4 is 11.2 Å². The fourth-order valence-corrected chi connectivity index (χ4v) is 2.62. The molecule has 0 saturated carbocycles. The van der Waals surface area contributed by atoms with Crippen LogP contribution in [0.5, 0.6) is 11.6 Å². The largest absolute Gasteiger partial charge is 0.434 e. The molecule has 0 atom stereocenters. The van der Waals surface area contributed by atoms with Crippen LogP contribution < -0.4 is 4.74 Å². The van der Waals surface area contributed by atoms with Gasteiger partial charge in [-0.3, -0.25) is 14.8 Å². The third-order valence-corrected chi connectivity index (χ3v) is 3.89. The zero-order valence-corrected chi connectivity index (χ0v) is 13.5. The molecular weight excluding hydrogens is 341 g/mol.